The lowest BCUT2D eigenvalue weighted by Crippen LogP contribution is -2.07. The number of para-hydroxylation sites is 2. The van der Waals surface area contributed by atoms with E-state index in [4.69, 9.17) is 0 Å². The Bertz CT molecular complexity index is 979. The Morgan fingerprint density at radius 2 is 1.22 bits per heavy atom. The van der Waals surface area contributed by atoms with Crippen LogP contribution in [0.1, 0.15) is 20.3 Å². The predicted molar refractivity (Wildman–Crippen MR) is 98.4 cm³/mol. The van der Waals surface area contributed by atoms with Gasteiger partial charge >= 0.3 is 0 Å². The molecule has 1 aliphatic heterocycles. The van der Waals surface area contributed by atoms with Gasteiger partial charge in [-0.05, 0) is 38.1 Å². The van der Waals surface area contributed by atoms with E-state index in [-0.39, 0.29) is 5.69 Å². The second-order valence-electron chi connectivity index (χ2n) is 5.89. The molecule has 0 saturated heterocycles. The molecule has 0 spiro atoms. The minimum atomic E-state index is -0.773. The van der Waals surface area contributed by atoms with Crippen molar-refractivity contribution in [2.45, 2.75) is 20.3 Å². The van der Waals surface area contributed by atoms with Crippen LogP contribution in [0.4, 0.5) is 28.9 Å². The first-order valence-corrected chi connectivity index (χ1v) is 8.14. The fraction of sp³-hybridized carbons (Fsp3) is 0.150. The van der Waals surface area contributed by atoms with Crippen molar-refractivity contribution in [3.63, 3.8) is 0 Å². The van der Waals surface area contributed by atoms with E-state index in [2.05, 4.69) is 15.0 Å². The van der Waals surface area contributed by atoms with Gasteiger partial charge in [0.1, 0.15) is 11.4 Å². The van der Waals surface area contributed by atoms with Gasteiger partial charge in [0.25, 0.3) is 0 Å². The highest BCUT2D eigenvalue weighted by molar-refractivity contribution is 6.43. The van der Waals surface area contributed by atoms with Crippen molar-refractivity contribution in [1.82, 2.24) is 0 Å². The van der Waals surface area contributed by atoms with Gasteiger partial charge in [0.2, 0.25) is 0 Å². The molecule has 138 valence electrons. The van der Waals surface area contributed by atoms with Crippen LogP contribution in [0.5, 0.6) is 0 Å². The summed E-state index contributed by atoms with van der Waals surface area (Å²) in [6.07, 6.45) is 2.08. The molecule has 0 saturated carbocycles. The third-order valence-corrected chi connectivity index (χ3v) is 3.97. The lowest BCUT2D eigenvalue weighted by atomic mass is 10.2. The number of rotatable bonds is 4. The smallest absolute Gasteiger partial charge is 0.151 e. The van der Waals surface area contributed by atoms with E-state index < -0.39 is 29.0 Å². The van der Waals surface area contributed by atoms with Gasteiger partial charge in [-0.3, -0.25) is 0 Å². The SMILES string of the molecule is CC(=Nc1c(F)cccc1F)C1=CCC(C(C)=Nc2c(F)cccc2F)=N1. The first-order chi connectivity index (χ1) is 12.9. The molecule has 0 amide bonds. The number of allylic oxidation sites excluding steroid dienone is 2. The lowest BCUT2D eigenvalue weighted by molar-refractivity contribution is 0.587. The zero-order valence-corrected chi connectivity index (χ0v) is 14.6. The topological polar surface area (TPSA) is 37.1 Å². The molecule has 0 aromatic heterocycles. The van der Waals surface area contributed by atoms with Crippen molar-refractivity contribution in [3.8, 4) is 0 Å². The average Bonchev–Trinajstić information content (AvgIpc) is 3.12. The summed E-state index contributed by atoms with van der Waals surface area (Å²) < 4.78 is 54.9. The summed E-state index contributed by atoms with van der Waals surface area (Å²) in [7, 11) is 0. The van der Waals surface area contributed by atoms with Crippen LogP contribution in [0.15, 0.2) is 63.1 Å². The molecule has 0 fully saturated rings. The highest BCUT2D eigenvalue weighted by atomic mass is 19.1. The van der Waals surface area contributed by atoms with Crippen LogP contribution in [-0.4, -0.2) is 17.1 Å². The molecule has 0 N–H and O–H groups in total. The number of nitrogens with zero attached hydrogens (tertiary/aromatic N) is 3. The fourth-order valence-electron chi connectivity index (χ4n) is 2.54. The Labute approximate surface area is 153 Å². The number of halogens is 4. The van der Waals surface area contributed by atoms with E-state index in [0.29, 0.717) is 29.3 Å². The monoisotopic (exact) mass is 373 g/mol. The van der Waals surface area contributed by atoms with Crippen LogP contribution in [0, 0.1) is 23.3 Å². The molecule has 3 rings (SSSR count). The van der Waals surface area contributed by atoms with Gasteiger partial charge in [-0.25, -0.2) is 32.5 Å². The van der Waals surface area contributed by atoms with E-state index in [1.54, 1.807) is 19.9 Å². The predicted octanol–water partition coefficient (Wildman–Crippen LogP) is 5.86. The highest BCUT2D eigenvalue weighted by Gasteiger charge is 2.16. The summed E-state index contributed by atoms with van der Waals surface area (Å²) in [6, 6.07) is 6.99. The molecule has 0 unspecified atom stereocenters. The summed E-state index contributed by atoms with van der Waals surface area (Å²) in [5.74, 6) is -3.09. The van der Waals surface area contributed by atoms with Crippen molar-refractivity contribution in [1.29, 1.82) is 0 Å². The first kappa shape index (κ1) is 18.7. The normalized spacial score (nSPS) is 15.0. The highest BCUT2D eigenvalue weighted by Crippen LogP contribution is 2.25. The molecular formula is C20H15F4N3. The maximum atomic E-state index is 13.7. The molecule has 7 heteroatoms. The third-order valence-electron chi connectivity index (χ3n) is 3.97. The first-order valence-electron chi connectivity index (χ1n) is 8.14. The van der Waals surface area contributed by atoms with E-state index in [1.165, 1.54) is 12.1 Å². The lowest BCUT2D eigenvalue weighted by Gasteiger charge is -2.03. The van der Waals surface area contributed by atoms with E-state index in [9.17, 15) is 17.6 Å². The van der Waals surface area contributed by atoms with Crippen molar-refractivity contribution >= 4 is 28.5 Å². The van der Waals surface area contributed by atoms with Crippen LogP contribution in [0.2, 0.25) is 0 Å². The molecular weight excluding hydrogens is 358 g/mol. The van der Waals surface area contributed by atoms with Gasteiger partial charge in [0, 0.05) is 6.42 Å². The van der Waals surface area contributed by atoms with Gasteiger partial charge in [0.05, 0.1) is 22.8 Å². The zero-order valence-electron chi connectivity index (χ0n) is 14.6. The molecule has 3 nitrogen and oxygen atoms in total. The standard InChI is InChI=1S/C20H15F4N3/c1-11(25-19-13(21)5-3-6-14(19)22)17-9-10-18(27-17)12(2)26-20-15(23)7-4-8-16(20)24/h3-9H,10H2,1-2H3. The summed E-state index contributed by atoms with van der Waals surface area (Å²) in [5.41, 5.74) is 0.810. The molecule has 0 aliphatic carbocycles. The number of hydrogen-bond donors (Lipinski definition) is 0. The maximum absolute atomic E-state index is 13.7. The van der Waals surface area contributed by atoms with Crippen molar-refractivity contribution < 1.29 is 17.6 Å². The van der Waals surface area contributed by atoms with E-state index in [0.717, 1.165) is 24.3 Å². The molecule has 2 aromatic carbocycles. The van der Waals surface area contributed by atoms with Crippen LogP contribution < -0.4 is 0 Å². The summed E-state index contributed by atoms with van der Waals surface area (Å²) in [6.45, 7) is 3.16. The summed E-state index contributed by atoms with van der Waals surface area (Å²) in [4.78, 5) is 12.3. The Hall–Kier alpha value is -3.09. The van der Waals surface area contributed by atoms with Gasteiger partial charge in [0.15, 0.2) is 23.3 Å². The minimum Gasteiger partial charge on any atom is -0.250 e. The van der Waals surface area contributed by atoms with Crippen molar-refractivity contribution in [2.24, 2.45) is 15.0 Å². The number of hydrogen-bond acceptors (Lipinski definition) is 3. The quantitative estimate of drug-likeness (QED) is 0.476. The van der Waals surface area contributed by atoms with Crippen LogP contribution >= 0.6 is 0 Å². The number of benzene rings is 2. The molecule has 0 bridgehead atoms. The van der Waals surface area contributed by atoms with Crippen LogP contribution in [0.25, 0.3) is 0 Å². The molecule has 1 aliphatic rings. The summed E-state index contributed by atoms with van der Waals surface area (Å²) >= 11 is 0. The Morgan fingerprint density at radius 3 is 1.70 bits per heavy atom. The van der Waals surface area contributed by atoms with Crippen LogP contribution in [0.3, 0.4) is 0 Å². The minimum absolute atomic E-state index is 0.318. The Balaban J connectivity index is 1.87. The van der Waals surface area contributed by atoms with Gasteiger partial charge in [-0.1, -0.05) is 18.2 Å². The maximum Gasteiger partial charge on any atom is 0.151 e. The van der Waals surface area contributed by atoms with Crippen molar-refractivity contribution in [3.05, 3.63) is 71.4 Å². The van der Waals surface area contributed by atoms with Gasteiger partial charge < -0.3 is 0 Å². The molecule has 27 heavy (non-hydrogen) atoms. The third kappa shape index (κ3) is 4.02. The Morgan fingerprint density at radius 1 is 0.778 bits per heavy atom. The van der Waals surface area contributed by atoms with Gasteiger partial charge in [-0.2, -0.15) is 0 Å². The molecule has 0 atom stereocenters. The van der Waals surface area contributed by atoms with E-state index in [1.807, 2.05) is 0 Å². The second kappa shape index (κ2) is 7.65. The summed E-state index contributed by atoms with van der Waals surface area (Å²) in [5, 5.41) is 0. The van der Waals surface area contributed by atoms with Crippen LogP contribution in [-0.2, 0) is 0 Å². The Kier molecular flexibility index (Phi) is 5.30. The average molecular weight is 373 g/mol. The molecule has 2 aromatic rings. The van der Waals surface area contributed by atoms with Crippen molar-refractivity contribution in [2.75, 3.05) is 0 Å². The molecule has 1 heterocycles. The van der Waals surface area contributed by atoms with Gasteiger partial charge in [-0.15, -0.1) is 0 Å². The largest absolute Gasteiger partial charge is 0.250 e. The molecule has 0 radical (unpaired) electrons. The fourth-order valence-corrected chi connectivity index (χ4v) is 2.54. The zero-order chi connectivity index (χ0) is 19.6. The second-order valence-corrected chi connectivity index (χ2v) is 5.89. The van der Waals surface area contributed by atoms with E-state index >= 15 is 0 Å². The number of aliphatic imine (C=N–C) groups is 3.